The van der Waals surface area contributed by atoms with Gasteiger partial charge in [-0.25, -0.2) is 0 Å². The topological polar surface area (TPSA) is 52.3 Å². The monoisotopic (exact) mass is 257 g/mol. The summed E-state index contributed by atoms with van der Waals surface area (Å²) in [5.41, 5.74) is 5.04. The van der Waals surface area contributed by atoms with Crippen LogP contribution in [0.3, 0.4) is 0 Å². The first-order valence-electron chi connectivity index (χ1n) is 4.28. The molecule has 0 saturated heterocycles. The SMILES string of the molecule is CC(CC(N)=O)Oc1ccc(Br)cc1. The van der Waals surface area contributed by atoms with Gasteiger partial charge in [0.1, 0.15) is 11.9 Å². The third-order valence-electron chi connectivity index (χ3n) is 1.64. The van der Waals surface area contributed by atoms with Gasteiger partial charge in [0, 0.05) is 4.47 Å². The molecule has 0 saturated carbocycles. The van der Waals surface area contributed by atoms with Gasteiger partial charge in [0.15, 0.2) is 0 Å². The van der Waals surface area contributed by atoms with E-state index in [4.69, 9.17) is 10.5 Å². The van der Waals surface area contributed by atoms with Crippen LogP contribution in [-0.4, -0.2) is 12.0 Å². The summed E-state index contributed by atoms with van der Waals surface area (Å²) in [6.45, 7) is 1.81. The molecule has 0 heterocycles. The third-order valence-corrected chi connectivity index (χ3v) is 2.17. The molecule has 1 aromatic rings. The Morgan fingerprint density at radius 2 is 2.07 bits per heavy atom. The normalized spacial score (nSPS) is 12.1. The van der Waals surface area contributed by atoms with Crippen molar-refractivity contribution in [2.24, 2.45) is 5.73 Å². The first-order chi connectivity index (χ1) is 6.58. The number of nitrogens with two attached hydrogens (primary N) is 1. The highest BCUT2D eigenvalue weighted by atomic mass is 79.9. The Morgan fingerprint density at radius 3 is 2.57 bits per heavy atom. The number of carbonyl (C=O) groups is 1. The average Bonchev–Trinajstić information content (AvgIpc) is 2.07. The number of primary amides is 1. The fourth-order valence-corrected chi connectivity index (χ4v) is 1.33. The van der Waals surface area contributed by atoms with Gasteiger partial charge in [0.25, 0.3) is 0 Å². The predicted octanol–water partition coefficient (Wildman–Crippen LogP) is 2.09. The van der Waals surface area contributed by atoms with Crippen molar-refractivity contribution in [3.8, 4) is 5.75 Å². The molecular formula is C10H12BrNO2. The largest absolute Gasteiger partial charge is 0.490 e. The molecule has 0 aliphatic heterocycles. The number of carbonyl (C=O) groups excluding carboxylic acids is 1. The average molecular weight is 258 g/mol. The van der Waals surface area contributed by atoms with Crippen LogP contribution in [0, 0.1) is 0 Å². The summed E-state index contributed by atoms with van der Waals surface area (Å²) in [6.07, 6.45) is 0.0458. The molecule has 1 atom stereocenters. The molecule has 0 aliphatic rings. The molecule has 2 N–H and O–H groups in total. The lowest BCUT2D eigenvalue weighted by atomic mass is 10.2. The molecule has 76 valence electrons. The van der Waals surface area contributed by atoms with Gasteiger partial charge in [-0.05, 0) is 31.2 Å². The molecule has 1 rings (SSSR count). The van der Waals surface area contributed by atoms with E-state index in [1.165, 1.54) is 0 Å². The van der Waals surface area contributed by atoms with Crippen LogP contribution < -0.4 is 10.5 Å². The van der Waals surface area contributed by atoms with Crippen molar-refractivity contribution in [3.05, 3.63) is 28.7 Å². The zero-order valence-corrected chi connectivity index (χ0v) is 9.45. The lowest BCUT2D eigenvalue weighted by molar-refractivity contribution is -0.119. The predicted molar refractivity (Wildman–Crippen MR) is 58.0 cm³/mol. The minimum Gasteiger partial charge on any atom is -0.490 e. The highest BCUT2D eigenvalue weighted by Gasteiger charge is 2.06. The van der Waals surface area contributed by atoms with Gasteiger partial charge in [-0.1, -0.05) is 15.9 Å². The lowest BCUT2D eigenvalue weighted by Gasteiger charge is -2.12. The molecule has 0 aliphatic carbocycles. The number of hydrogen-bond acceptors (Lipinski definition) is 2. The quantitative estimate of drug-likeness (QED) is 0.898. The minimum absolute atomic E-state index is 0.186. The molecule has 0 radical (unpaired) electrons. The van der Waals surface area contributed by atoms with Crippen molar-refractivity contribution in [1.29, 1.82) is 0 Å². The second-order valence-electron chi connectivity index (χ2n) is 3.05. The first-order valence-corrected chi connectivity index (χ1v) is 5.08. The second-order valence-corrected chi connectivity index (χ2v) is 3.97. The lowest BCUT2D eigenvalue weighted by Crippen LogP contribution is -2.22. The van der Waals surface area contributed by atoms with E-state index in [1.54, 1.807) is 0 Å². The molecular weight excluding hydrogens is 246 g/mol. The van der Waals surface area contributed by atoms with Crippen LogP contribution in [0.1, 0.15) is 13.3 Å². The summed E-state index contributed by atoms with van der Waals surface area (Å²) >= 11 is 3.32. The van der Waals surface area contributed by atoms with Crippen LogP contribution in [0.4, 0.5) is 0 Å². The van der Waals surface area contributed by atoms with Crippen molar-refractivity contribution >= 4 is 21.8 Å². The van der Waals surface area contributed by atoms with E-state index in [1.807, 2.05) is 31.2 Å². The van der Waals surface area contributed by atoms with Gasteiger partial charge >= 0.3 is 0 Å². The van der Waals surface area contributed by atoms with Crippen molar-refractivity contribution < 1.29 is 9.53 Å². The van der Waals surface area contributed by atoms with Crippen LogP contribution in [0.2, 0.25) is 0 Å². The highest BCUT2D eigenvalue weighted by molar-refractivity contribution is 9.10. The van der Waals surface area contributed by atoms with Gasteiger partial charge < -0.3 is 10.5 Å². The van der Waals surface area contributed by atoms with E-state index in [9.17, 15) is 4.79 Å². The Balaban J connectivity index is 2.51. The maximum absolute atomic E-state index is 10.6. The Morgan fingerprint density at radius 1 is 1.50 bits per heavy atom. The Bertz CT molecular complexity index is 310. The minimum atomic E-state index is -0.352. The van der Waals surface area contributed by atoms with E-state index >= 15 is 0 Å². The Hall–Kier alpha value is -1.03. The number of hydrogen-bond donors (Lipinski definition) is 1. The van der Waals surface area contributed by atoms with Crippen molar-refractivity contribution in [1.82, 2.24) is 0 Å². The maximum Gasteiger partial charge on any atom is 0.221 e. The van der Waals surface area contributed by atoms with Gasteiger partial charge in [-0.15, -0.1) is 0 Å². The van der Waals surface area contributed by atoms with Crippen molar-refractivity contribution in [2.45, 2.75) is 19.4 Å². The summed E-state index contributed by atoms with van der Waals surface area (Å²) in [6, 6.07) is 7.43. The van der Waals surface area contributed by atoms with E-state index in [2.05, 4.69) is 15.9 Å². The zero-order valence-electron chi connectivity index (χ0n) is 7.87. The van der Waals surface area contributed by atoms with Crippen LogP contribution in [0.5, 0.6) is 5.75 Å². The number of amides is 1. The van der Waals surface area contributed by atoms with E-state index in [0.717, 1.165) is 10.2 Å². The molecule has 1 unspecified atom stereocenters. The Labute approximate surface area is 91.4 Å². The third kappa shape index (κ3) is 3.79. The summed E-state index contributed by atoms with van der Waals surface area (Å²) in [4.78, 5) is 10.6. The van der Waals surface area contributed by atoms with E-state index < -0.39 is 0 Å². The Kier molecular flexibility index (Phi) is 3.95. The summed E-state index contributed by atoms with van der Waals surface area (Å²) < 4.78 is 6.45. The van der Waals surface area contributed by atoms with E-state index in [-0.39, 0.29) is 18.4 Å². The van der Waals surface area contributed by atoms with Crippen molar-refractivity contribution in [2.75, 3.05) is 0 Å². The van der Waals surface area contributed by atoms with Crippen LogP contribution in [-0.2, 0) is 4.79 Å². The molecule has 0 spiro atoms. The van der Waals surface area contributed by atoms with E-state index in [0.29, 0.717) is 0 Å². The summed E-state index contributed by atoms with van der Waals surface area (Å²) in [5.74, 6) is 0.386. The highest BCUT2D eigenvalue weighted by Crippen LogP contribution is 2.17. The summed E-state index contributed by atoms with van der Waals surface area (Å²) in [5, 5.41) is 0. The summed E-state index contributed by atoms with van der Waals surface area (Å²) in [7, 11) is 0. The molecule has 4 heteroatoms. The number of benzene rings is 1. The number of ether oxygens (including phenoxy) is 1. The smallest absolute Gasteiger partial charge is 0.221 e. The van der Waals surface area contributed by atoms with Crippen LogP contribution in [0.25, 0.3) is 0 Å². The molecule has 0 fully saturated rings. The fourth-order valence-electron chi connectivity index (χ4n) is 1.07. The fraction of sp³-hybridized carbons (Fsp3) is 0.300. The molecule has 1 aromatic carbocycles. The molecule has 3 nitrogen and oxygen atoms in total. The van der Waals surface area contributed by atoms with Gasteiger partial charge in [-0.2, -0.15) is 0 Å². The van der Waals surface area contributed by atoms with Crippen LogP contribution >= 0.6 is 15.9 Å². The van der Waals surface area contributed by atoms with Crippen LogP contribution in [0.15, 0.2) is 28.7 Å². The van der Waals surface area contributed by atoms with Crippen molar-refractivity contribution in [3.63, 3.8) is 0 Å². The molecule has 1 amide bonds. The molecule has 0 aromatic heterocycles. The molecule has 0 bridgehead atoms. The van der Waals surface area contributed by atoms with Gasteiger partial charge in [-0.3, -0.25) is 4.79 Å². The zero-order chi connectivity index (χ0) is 10.6. The number of halogens is 1. The standard InChI is InChI=1S/C10H12BrNO2/c1-7(6-10(12)13)14-9-4-2-8(11)3-5-9/h2-5,7H,6H2,1H3,(H2,12,13). The number of rotatable bonds is 4. The van der Waals surface area contributed by atoms with Gasteiger partial charge in [0.05, 0.1) is 6.42 Å². The second kappa shape index (κ2) is 5.00. The molecule has 14 heavy (non-hydrogen) atoms. The van der Waals surface area contributed by atoms with Gasteiger partial charge in [0.2, 0.25) is 5.91 Å². The first kappa shape index (κ1) is 11.0. The maximum atomic E-state index is 10.6.